The quantitative estimate of drug-likeness (QED) is 0.834. The number of nitrogens with one attached hydrogen (secondary N) is 1. The molecule has 0 spiro atoms. The maximum Gasteiger partial charge on any atom is 0.224 e. The first-order valence-corrected chi connectivity index (χ1v) is 7.75. The second-order valence-electron chi connectivity index (χ2n) is 6.06. The van der Waals surface area contributed by atoms with Crippen molar-refractivity contribution in [2.75, 3.05) is 13.1 Å². The summed E-state index contributed by atoms with van der Waals surface area (Å²) in [7, 11) is 0. The van der Waals surface area contributed by atoms with Crippen LogP contribution in [0.5, 0.6) is 0 Å². The SMILES string of the molecule is CCCC1C(C)CCCN1C(=O)CC1CCCN1. The summed E-state index contributed by atoms with van der Waals surface area (Å²) in [5.41, 5.74) is 0. The average molecular weight is 252 g/mol. The van der Waals surface area contributed by atoms with Gasteiger partial charge in [-0.2, -0.15) is 0 Å². The van der Waals surface area contributed by atoms with Gasteiger partial charge in [-0.15, -0.1) is 0 Å². The fraction of sp³-hybridized carbons (Fsp3) is 0.933. The molecule has 0 aromatic rings. The highest BCUT2D eigenvalue weighted by Gasteiger charge is 2.32. The van der Waals surface area contributed by atoms with Gasteiger partial charge in [0.15, 0.2) is 0 Å². The lowest BCUT2D eigenvalue weighted by Gasteiger charge is -2.40. The van der Waals surface area contributed by atoms with Crippen molar-refractivity contribution >= 4 is 5.91 Å². The number of likely N-dealkylation sites (tertiary alicyclic amines) is 1. The molecule has 3 atom stereocenters. The second-order valence-corrected chi connectivity index (χ2v) is 6.06. The molecule has 0 radical (unpaired) electrons. The smallest absolute Gasteiger partial charge is 0.224 e. The van der Waals surface area contributed by atoms with Crippen LogP contribution in [0.25, 0.3) is 0 Å². The van der Waals surface area contributed by atoms with Gasteiger partial charge >= 0.3 is 0 Å². The first-order valence-electron chi connectivity index (χ1n) is 7.75. The highest BCUT2D eigenvalue weighted by atomic mass is 16.2. The van der Waals surface area contributed by atoms with E-state index in [1.807, 2.05) is 0 Å². The van der Waals surface area contributed by atoms with E-state index in [4.69, 9.17) is 0 Å². The molecule has 1 amide bonds. The van der Waals surface area contributed by atoms with Crippen LogP contribution in [0.4, 0.5) is 0 Å². The Kier molecular flexibility index (Phi) is 5.04. The summed E-state index contributed by atoms with van der Waals surface area (Å²) in [4.78, 5) is 14.7. The van der Waals surface area contributed by atoms with E-state index in [0.29, 0.717) is 30.3 Å². The first-order chi connectivity index (χ1) is 8.72. The van der Waals surface area contributed by atoms with E-state index < -0.39 is 0 Å². The van der Waals surface area contributed by atoms with E-state index in [0.717, 1.165) is 13.1 Å². The van der Waals surface area contributed by atoms with Gasteiger partial charge in [0.1, 0.15) is 0 Å². The number of carbonyl (C=O) groups excluding carboxylic acids is 1. The number of carbonyl (C=O) groups is 1. The van der Waals surface area contributed by atoms with Crippen molar-refractivity contribution < 1.29 is 4.79 Å². The van der Waals surface area contributed by atoms with E-state index in [1.54, 1.807) is 0 Å². The van der Waals surface area contributed by atoms with Crippen molar-refractivity contribution in [2.24, 2.45) is 5.92 Å². The molecule has 2 fully saturated rings. The van der Waals surface area contributed by atoms with Crippen molar-refractivity contribution in [2.45, 2.75) is 70.9 Å². The Morgan fingerprint density at radius 3 is 2.83 bits per heavy atom. The van der Waals surface area contributed by atoms with Gasteiger partial charge in [0.2, 0.25) is 5.91 Å². The molecular weight excluding hydrogens is 224 g/mol. The second kappa shape index (κ2) is 6.55. The summed E-state index contributed by atoms with van der Waals surface area (Å²) < 4.78 is 0. The van der Waals surface area contributed by atoms with Gasteiger partial charge in [0.25, 0.3) is 0 Å². The summed E-state index contributed by atoms with van der Waals surface area (Å²) in [5, 5.41) is 3.44. The van der Waals surface area contributed by atoms with Crippen LogP contribution in [0.15, 0.2) is 0 Å². The van der Waals surface area contributed by atoms with E-state index in [1.165, 1.54) is 38.5 Å². The normalized spacial score (nSPS) is 32.8. The van der Waals surface area contributed by atoms with Gasteiger partial charge in [-0.3, -0.25) is 4.79 Å². The van der Waals surface area contributed by atoms with Crippen molar-refractivity contribution in [3.8, 4) is 0 Å². The number of amides is 1. The Hall–Kier alpha value is -0.570. The molecule has 2 rings (SSSR count). The zero-order chi connectivity index (χ0) is 13.0. The summed E-state index contributed by atoms with van der Waals surface area (Å²) in [6.45, 7) is 6.61. The van der Waals surface area contributed by atoms with Crippen LogP contribution in [-0.4, -0.2) is 36.0 Å². The summed E-state index contributed by atoms with van der Waals surface area (Å²) >= 11 is 0. The molecule has 0 bridgehead atoms. The maximum atomic E-state index is 12.5. The van der Waals surface area contributed by atoms with Gasteiger partial charge in [-0.1, -0.05) is 20.3 Å². The van der Waals surface area contributed by atoms with Gasteiger partial charge in [-0.25, -0.2) is 0 Å². The Labute approximate surface area is 111 Å². The molecule has 2 aliphatic heterocycles. The van der Waals surface area contributed by atoms with Gasteiger partial charge in [-0.05, 0) is 44.6 Å². The topological polar surface area (TPSA) is 32.3 Å². The van der Waals surface area contributed by atoms with Crippen molar-refractivity contribution in [3.05, 3.63) is 0 Å². The molecule has 1 N–H and O–H groups in total. The molecule has 2 aliphatic rings. The third kappa shape index (κ3) is 3.25. The number of nitrogens with zero attached hydrogens (tertiary/aromatic N) is 1. The maximum absolute atomic E-state index is 12.5. The number of rotatable bonds is 4. The predicted octanol–water partition coefficient (Wildman–Crippen LogP) is 2.56. The molecule has 0 aromatic carbocycles. The largest absolute Gasteiger partial charge is 0.339 e. The lowest BCUT2D eigenvalue weighted by atomic mass is 9.87. The lowest BCUT2D eigenvalue weighted by Crippen LogP contribution is -2.48. The van der Waals surface area contributed by atoms with Crippen LogP contribution in [0.1, 0.15) is 58.8 Å². The third-order valence-electron chi connectivity index (χ3n) is 4.60. The zero-order valence-corrected chi connectivity index (χ0v) is 12.0. The van der Waals surface area contributed by atoms with Crippen LogP contribution in [0, 0.1) is 5.92 Å². The number of piperidine rings is 1. The average Bonchev–Trinajstić information content (AvgIpc) is 2.84. The molecule has 3 heteroatoms. The van der Waals surface area contributed by atoms with Crippen molar-refractivity contribution in [1.82, 2.24) is 10.2 Å². The van der Waals surface area contributed by atoms with Crippen LogP contribution in [-0.2, 0) is 4.79 Å². The highest BCUT2D eigenvalue weighted by Crippen LogP contribution is 2.27. The van der Waals surface area contributed by atoms with E-state index >= 15 is 0 Å². The van der Waals surface area contributed by atoms with E-state index in [-0.39, 0.29) is 0 Å². The summed E-state index contributed by atoms with van der Waals surface area (Å²) in [6.07, 6.45) is 7.94. The van der Waals surface area contributed by atoms with Crippen LogP contribution >= 0.6 is 0 Å². The Morgan fingerprint density at radius 2 is 2.17 bits per heavy atom. The molecule has 2 heterocycles. The van der Waals surface area contributed by atoms with Gasteiger partial charge in [0.05, 0.1) is 0 Å². The summed E-state index contributed by atoms with van der Waals surface area (Å²) in [6, 6.07) is 0.940. The Bertz CT molecular complexity index is 274. The van der Waals surface area contributed by atoms with Crippen LogP contribution in [0.3, 0.4) is 0 Å². The molecule has 0 aliphatic carbocycles. The number of hydrogen-bond acceptors (Lipinski definition) is 2. The standard InChI is InChI=1S/C15H28N2O/c1-3-6-14-12(2)7-5-10-17(14)15(18)11-13-8-4-9-16-13/h12-14,16H,3-11H2,1-2H3. The fourth-order valence-electron chi connectivity index (χ4n) is 3.55. The molecular formula is C15H28N2O. The van der Waals surface area contributed by atoms with Gasteiger partial charge < -0.3 is 10.2 Å². The summed E-state index contributed by atoms with van der Waals surface area (Å²) in [5.74, 6) is 1.07. The van der Waals surface area contributed by atoms with Gasteiger partial charge in [0, 0.05) is 25.0 Å². The lowest BCUT2D eigenvalue weighted by molar-refractivity contribution is -0.137. The van der Waals surface area contributed by atoms with Crippen LogP contribution < -0.4 is 5.32 Å². The van der Waals surface area contributed by atoms with Crippen molar-refractivity contribution in [1.29, 1.82) is 0 Å². The highest BCUT2D eigenvalue weighted by molar-refractivity contribution is 5.77. The minimum atomic E-state index is 0.388. The Morgan fingerprint density at radius 1 is 1.33 bits per heavy atom. The first kappa shape index (κ1) is 13.9. The minimum Gasteiger partial charge on any atom is -0.339 e. The molecule has 0 aromatic heterocycles. The molecule has 3 unspecified atom stereocenters. The molecule has 2 saturated heterocycles. The minimum absolute atomic E-state index is 0.388. The monoisotopic (exact) mass is 252 g/mol. The Balaban J connectivity index is 1.92. The van der Waals surface area contributed by atoms with Crippen LogP contribution in [0.2, 0.25) is 0 Å². The predicted molar refractivity (Wildman–Crippen MR) is 74.4 cm³/mol. The number of hydrogen-bond donors (Lipinski definition) is 1. The van der Waals surface area contributed by atoms with E-state index in [2.05, 4.69) is 24.1 Å². The van der Waals surface area contributed by atoms with Crippen molar-refractivity contribution in [3.63, 3.8) is 0 Å². The molecule has 3 nitrogen and oxygen atoms in total. The molecule has 104 valence electrons. The molecule has 18 heavy (non-hydrogen) atoms. The molecule has 0 saturated carbocycles. The van der Waals surface area contributed by atoms with E-state index in [9.17, 15) is 4.79 Å². The fourth-order valence-corrected chi connectivity index (χ4v) is 3.55. The zero-order valence-electron chi connectivity index (χ0n) is 12.0. The third-order valence-corrected chi connectivity index (χ3v) is 4.60.